The van der Waals surface area contributed by atoms with E-state index in [0.717, 1.165) is 38.3 Å². The molecule has 92 valence electrons. The summed E-state index contributed by atoms with van der Waals surface area (Å²) in [5, 5.41) is 3.42. The third-order valence-corrected chi connectivity index (χ3v) is 4.07. The maximum absolute atomic E-state index is 13.3. The van der Waals surface area contributed by atoms with Crippen LogP contribution in [0.5, 0.6) is 0 Å². The second-order valence-corrected chi connectivity index (χ2v) is 5.68. The smallest absolute Gasteiger partial charge is 0.125 e. The average molecular weight is 234 g/mol. The van der Waals surface area contributed by atoms with Gasteiger partial charge in [-0.05, 0) is 42.5 Å². The lowest BCUT2D eigenvalue weighted by atomic mass is 9.89. The number of nitrogens with zero attached hydrogens (tertiary/aromatic N) is 1. The molecule has 0 aliphatic carbocycles. The fourth-order valence-corrected chi connectivity index (χ4v) is 3.05. The van der Waals surface area contributed by atoms with Crippen molar-refractivity contribution in [3.05, 3.63) is 29.6 Å². The number of hydrogen-bond donors (Lipinski definition) is 1. The first kappa shape index (κ1) is 11.0. The summed E-state index contributed by atoms with van der Waals surface area (Å²) in [5.41, 5.74) is 2.74. The van der Waals surface area contributed by atoms with Gasteiger partial charge in [0.15, 0.2) is 0 Å². The first-order valence-corrected chi connectivity index (χ1v) is 6.40. The molecule has 0 bridgehead atoms. The molecule has 1 aromatic carbocycles. The van der Waals surface area contributed by atoms with Crippen molar-refractivity contribution in [1.29, 1.82) is 0 Å². The van der Waals surface area contributed by atoms with Gasteiger partial charge in [0, 0.05) is 25.3 Å². The summed E-state index contributed by atoms with van der Waals surface area (Å²) in [4.78, 5) is 2.35. The zero-order valence-electron chi connectivity index (χ0n) is 10.3. The maximum atomic E-state index is 13.3. The lowest BCUT2D eigenvalue weighted by Crippen LogP contribution is -2.36. The van der Waals surface area contributed by atoms with E-state index in [9.17, 15) is 4.39 Å². The summed E-state index contributed by atoms with van der Waals surface area (Å²) in [6.45, 7) is 6.59. The summed E-state index contributed by atoms with van der Waals surface area (Å²) >= 11 is 0. The van der Waals surface area contributed by atoms with E-state index in [1.165, 1.54) is 12.0 Å². The normalized spacial score (nSPS) is 27.5. The minimum Gasteiger partial charge on any atom is -0.370 e. The molecule has 1 atom stereocenters. The first-order valence-electron chi connectivity index (χ1n) is 6.40. The summed E-state index contributed by atoms with van der Waals surface area (Å²) < 4.78 is 13.3. The van der Waals surface area contributed by atoms with Crippen LogP contribution in [0.15, 0.2) is 18.2 Å². The van der Waals surface area contributed by atoms with Crippen LogP contribution in [0.25, 0.3) is 0 Å². The fourth-order valence-electron chi connectivity index (χ4n) is 3.05. The van der Waals surface area contributed by atoms with E-state index in [1.54, 1.807) is 12.1 Å². The Morgan fingerprint density at radius 3 is 3.12 bits per heavy atom. The number of rotatable bonds is 2. The van der Waals surface area contributed by atoms with E-state index in [-0.39, 0.29) is 5.82 Å². The Morgan fingerprint density at radius 1 is 1.47 bits per heavy atom. The predicted molar refractivity (Wildman–Crippen MR) is 67.9 cm³/mol. The molecule has 2 aliphatic heterocycles. The minimum atomic E-state index is -0.120. The molecule has 0 spiro atoms. The molecule has 0 radical (unpaired) electrons. The van der Waals surface area contributed by atoms with Gasteiger partial charge >= 0.3 is 0 Å². The first-order chi connectivity index (χ1) is 8.16. The van der Waals surface area contributed by atoms with Crippen LogP contribution in [0.2, 0.25) is 0 Å². The Morgan fingerprint density at radius 2 is 2.35 bits per heavy atom. The zero-order valence-corrected chi connectivity index (χ0v) is 10.3. The van der Waals surface area contributed by atoms with Gasteiger partial charge in [-0.3, -0.25) is 0 Å². The van der Waals surface area contributed by atoms with Crippen molar-refractivity contribution < 1.29 is 4.39 Å². The molecule has 3 rings (SSSR count). The van der Waals surface area contributed by atoms with Crippen molar-refractivity contribution in [3.63, 3.8) is 0 Å². The maximum Gasteiger partial charge on any atom is 0.125 e. The standard InChI is InChI=1S/C14H19FN2/c1-14(5-6-16-9-14)10-17-7-4-11-2-3-12(15)8-13(11)17/h2-3,8,16H,4-7,9-10H2,1H3. The third kappa shape index (κ3) is 2.04. The van der Waals surface area contributed by atoms with Gasteiger partial charge in [0.1, 0.15) is 5.82 Å². The SMILES string of the molecule is CC1(CN2CCc3ccc(F)cc32)CCNC1. The second kappa shape index (κ2) is 3.98. The van der Waals surface area contributed by atoms with Crippen molar-refractivity contribution in [1.82, 2.24) is 5.32 Å². The van der Waals surface area contributed by atoms with Gasteiger partial charge in [-0.15, -0.1) is 0 Å². The largest absolute Gasteiger partial charge is 0.370 e. The number of fused-ring (bicyclic) bond motifs is 1. The van der Waals surface area contributed by atoms with Crippen LogP contribution >= 0.6 is 0 Å². The molecular weight excluding hydrogens is 215 g/mol. The monoisotopic (exact) mass is 234 g/mol. The fraction of sp³-hybridized carbons (Fsp3) is 0.571. The minimum absolute atomic E-state index is 0.120. The Kier molecular flexibility index (Phi) is 2.58. The van der Waals surface area contributed by atoms with Gasteiger partial charge < -0.3 is 10.2 Å². The van der Waals surface area contributed by atoms with Crippen molar-refractivity contribution >= 4 is 5.69 Å². The summed E-state index contributed by atoms with van der Waals surface area (Å²) in [5.74, 6) is -0.120. The van der Waals surface area contributed by atoms with Crippen LogP contribution < -0.4 is 10.2 Å². The molecule has 1 aromatic rings. The van der Waals surface area contributed by atoms with Gasteiger partial charge in [-0.2, -0.15) is 0 Å². The highest BCUT2D eigenvalue weighted by molar-refractivity contribution is 5.58. The van der Waals surface area contributed by atoms with E-state index in [2.05, 4.69) is 17.1 Å². The van der Waals surface area contributed by atoms with E-state index in [1.807, 2.05) is 6.07 Å². The summed E-state index contributed by atoms with van der Waals surface area (Å²) in [7, 11) is 0. The Hall–Kier alpha value is -1.09. The molecule has 2 nitrogen and oxygen atoms in total. The van der Waals surface area contributed by atoms with Crippen molar-refractivity contribution in [2.24, 2.45) is 5.41 Å². The summed E-state index contributed by atoms with van der Waals surface area (Å²) in [6, 6.07) is 5.19. The molecule has 3 heteroatoms. The summed E-state index contributed by atoms with van der Waals surface area (Å²) in [6.07, 6.45) is 2.27. The van der Waals surface area contributed by atoms with Crippen molar-refractivity contribution in [2.75, 3.05) is 31.1 Å². The van der Waals surface area contributed by atoms with Crippen LogP contribution in [0.1, 0.15) is 18.9 Å². The zero-order chi connectivity index (χ0) is 11.9. The second-order valence-electron chi connectivity index (χ2n) is 5.68. The topological polar surface area (TPSA) is 15.3 Å². The van der Waals surface area contributed by atoms with Crippen molar-refractivity contribution in [3.8, 4) is 0 Å². The molecule has 0 aromatic heterocycles. The molecule has 17 heavy (non-hydrogen) atoms. The van der Waals surface area contributed by atoms with Crippen LogP contribution in [-0.4, -0.2) is 26.2 Å². The van der Waals surface area contributed by atoms with E-state index in [4.69, 9.17) is 0 Å². The van der Waals surface area contributed by atoms with Gasteiger partial charge in [-0.1, -0.05) is 13.0 Å². The molecule has 1 unspecified atom stereocenters. The van der Waals surface area contributed by atoms with E-state index < -0.39 is 0 Å². The Bertz CT molecular complexity index is 424. The molecule has 1 N–H and O–H groups in total. The number of benzene rings is 1. The number of halogens is 1. The molecule has 0 amide bonds. The van der Waals surface area contributed by atoms with Gasteiger partial charge in [-0.25, -0.2) is 4.39 Å². The van der Waals surface area contributed by atoms with Gasteiger partial charge in [0.25, 0.3) is 0 Å². The molecule has 0 saturated carbocycles. The van der Waals surface area contributed by atoms with Crippen molar-refractivity contribution in [2.45, 2.75) is 19.8 Å². The van der Waals surface area contributed by atoms with Crippen LogP contribution in [0, 0.1) is 11.2 Å². The Balaban J connectivity index is 1.81. The lowest BCUT2D eigenvalue weighted by Gasteiger charge is -2.30. The van der Waals surface area contributed by atoms with E-state index in [0.29, 0.717) is 5.41 Å². The van der Waals surface area contributed by atoms with Crippen LogP contribution in [0.4, 0.5) is 10.1 Å². The third-order valence-electron chi connectivity index (χ3n) is 4.07. The lowest BCUT2D eigenvalue weighted by molar-refractivity contribution is 0.367. The number of nitrogens with one attached hydrogen (secondary N) is 1. The highest BCUT2D eigenvalue weighted by Crippen LogP contribution is 2.33. The highest BCUT2D eigenvalue weighted by Gasteiger charge is 2.32. The molecule has 2 aliphatic rings. The highest BCUT2D eigenvalue weighted by atomic mass is 19.1. The predicted octanol–water partition coefficient (Wildman–Crippen LogP) is 2.19. The molecule has 1 fully saturated rings. The van der Waals surface area contributed by atoms with Gasteiger partial charge in [0.05, 0.1) is 0 Å². The van der Waals surface area contributed by atoms with Crippen LogP contribution in [-0.2, 0) is 6.42 Å². The average Bonchev–Trinajstić information content (AvgIpc) is 2.87. The molecule has 2 heterocycles. The van der Waals surface area contributed by atoms with Gasteiger partial charge in [0.2, 0.25) is 0 Å². The van der Waals surface area contributed by atoms with E-state index >= 15 is 0 Å². The number of anilines is 1. The number of hydrogen-bond acceptors (Lipinski definition) is 2. The van der Waals surface area contributed by atoms with Crippen LogP contribution in [0.3, 0.4) is 0 Å². The Labute approximate surface area is 102 Å². The quantitative estimate of drug-likeness (QED) is 0.844. The molecule has 1 saturated heterocycles. The molecular formula is C14H19FN2.